The molecule has 1 aliphatic carbocycles. The first-order valence-electron chi connectivity index (χ1n) is 8.46. The number of aryl methyl sites for hydroxylation is 1. The van der Waals surface area contributed by atoms with E-state index >= 15 is 0 Å². The van der Waals surface area contributed by atoms with Gasteiger partial charge in [0.1, 0.15) is 5.82 Å². The predicted octanol–water partition coefficient (Wildman–Crippen LogP) is 3.37. The molecule has 0 radical (unpaired) electrons. The van der Waals surface area contributed by atoms with Crippen molar-refractivity contribution in [2.24, 2.45) is 5.92 Å². The fourth-order valence-electron chi connectivity index (χ4n) is 3.11. The SMILES string of the molecule is Cc1ccc(-c2n[nH]c(CNC(=O)CCC3CCCC3)n2)cc1. The highest BCUT2D eigenvalue weighted by Gasteiger charge is 2.16. The highest BCUT2D eigenvalue weighted by atomic mass is 16.1. The van der Waals surface area contributed by atoms with E-state index in [4.69, 9.17) is 0 Å². The molecular weight excluding hydrogens is 288 g/mol. The van der Waals surface area contributed by atoms with Crippen molar-refractivity contribution in [2.75, 3.05) is 0 Å². The van der Waals surface area contributed by atoms with E-state index in [1.807, 2.05) is 31.2 Å². The molecule has 0 saturated heterocycles. The quantitative estimate of drug-likeness (QED) is 0.859. The molecule has 2 N–H and O–H groups in total. The second kappa shape index (κ2) is 7.40. The second-order valence-corrected chi connectivity index (χ2v) is 6.44. The summed E-state index contributed by atoms with van der Waals surface area (Å²) in [6, 6.07) is 8.08. The molecule has 23 heavy (non-hydrogen) atoms. The summed E-state index contributed by atoms with van der Waals surface area (Å²) in [4.78, 5) is 16.4. The van der Waals surface area contributed by atoms with Crippen molar-refractivity contribution in [3.63, 3.8) is 0 Å². The Morgan fingerprint density at radius 1 is 1.26 bits per heavy atom. The molecule has 0 atom stereocenters. The van der Waals surface area contributed by atoms with Crippen LogP contribution in [-0.2, 0) is 11.3 Å². The van der Waals surface area contributed by atoms with Crippen LogP contribution in [0.3, 0.4) is 0 Å². The van der Waals surface area contributed by atoms with Crippen molar-refractivity contribution in [2.45, 2.75) is 52.0 Å². The van der Waals surface area contributed by atoms with Crippen LogP contribution in [-0.4, -0.2) is 21.1 Å². The van der Waals surface area contributed by atoms with Crippen LogP contribution in [0.2, 0.25) is 0 Å². The zero-order valence-corrected chi connectivity index (χ0v) is 13.6. The summed E-state index contributed by atoms with van der Waals surface area (Å²) in [5.74, 6) is 2.21. The lowest BCUT2D eigenvalue weighted by molar-refractivity contribution is -0.121. The summed E-state index contributed by atoms with van der Waals surface area (Å²) in [5, 5.41) is 10.0. The number of hydrogen-bond acceptors (Lipinski definition) is 3. The minimum absolute atomic E-state index is 0.102. The molecule has 1 amide bonds. The highest BCUT2D eigenvalue weighted by molar-refractivity contribution is 5.75. The normalized spacial score (nSPS) is 15.0. The lowest BCUT2D eigenvalue weighted by Crippen LogP contribution is -2.23. The Labute approximate surface area is 136 Å². The molecule has 5 nitrogen and oxygen atoms in total. The van der Waals surface area contributed by atoms with Gasteiger partial charge in [0, 0.05) is 12.0 Å². The maximum absolute atomic E-state index is 11.9. The monoisotopic (exact) mass is 312 g/mol. The Kier molecular flexibility index (Phi) is 5.05. The van der Waals surface area contributed by atoms with Crippen molar-refractivity contribution in [1.82, 2.24) is 20.5 Å². The van der Waals surface area contributed by atoms with Crippen LogP contribution in [0.1, 0.15) is 49.9 Å². The van der Waals surface area contributed by atoms with Gasteiger partial charge in [-0.05, 0) is 19.3 Å². The smallest absolute Gasteiger partial charge is 0.220 e. The maximum atomic E-state index is 11.9. The molecule has 1 aromatic heterocycles. The van der Waals surface area contributed by atoms with Crippen LogP contribution in [0, 0.1) is 12.8 Å². The Hall–Kier alpha value is -2.17. The molecule has 5 heteroatoms. The molecular formula is C18H24N4O. The highest BCUT2D eigenvalue weighted by Crippen LogP contribution is 2.28. The van der Waals surface area contributed by atoms with Gasteiger partial charge in [0.15, 0.2) is 5.82 Å². The molecule has 0 aliphatic heterocycles. The first kappa shape index (κ1) is 15.7. The number of amides is 1. The van der Waals surface area contributed by atoms with Gasteiger partial charge in [-0.25, -0.2) is 4.98 Å². The first-order valence-corrected chi connectivity index (χ1v) is 8.46. The third kappa shape index (κ3) is 4.41. The Morgan fingerprint density at radius 2 is 2.00 bits per heavy atom. The van der Waals surface area contributed by atoms with E-state index < -0.39 is 0 Å². The predicted molar refractivity (Wildman–Crippen MR) is 89.6 cm³/mol. The van der Waals surface area contributed by atoms with E-state index in [1.54, 1.807) is 0 Å². The molecule has 0 spiro atoms. The molecule has 1 aromatic carbocycles. The number of nitrogens with one attached hydrogen (secondary N) is 2. The van der Waals surface area contributed by atoms with Crippen LogP contribution in [0.15, 0.2) is 24.3 Å². The third-order valence-corrected chi connectivity index (χ3v) is 4.55. The molecule has 1 heterocycles. The average molecular weight is 312 g/mol. The van der Waals surface area contributed by atoms with E-state index in [-0.39, 0.29) is 5.91 Å². The van der Waals surface area contributed by atoms with Crippen molar-refractivity contribution >= 4 is 5.91 Å². The summed E-state index contributed by atoms with van der Waals surface area (Å²) in [6.07, 6.45) is 6.85. The van der Waals surface area contributed by atoms with Crippen LogP contribution in [0.5, 0.6) is 0 Å². The maximum Gasteiger partial charge on any atom is 0.220 e. The molecule has 1 aliphatic rings. The van der Waals surface area contributed by atoms with E-state index in [0.717, 1.165) is 17.9 Å². The fraction of sp³-hybridized carbons (Fsp3) is 0.500. The number of aromatic nitrogens is 3. The minimum Gasteiger partial charge on any atom is -0.349 e. The molecule has 122 valence electrons. The first-order chi connectivity index (χ1) is 11.2. The number of carbonyl (C=O) groups is 1. The van der Waals surface area contributed by atoms with Crippen LogP contribution < -0.4 is 5.32 Å². The standard InChI is InChI=1S/C18H24N4O/c1-13-6-9-15(10-7-13)18-20-16(21-22-18)12-19-17(23)11-8-14-4-2-3-5-14/h6-7,9-10,14H,2-5,8,11-12H2,1H3,(H,19,23)(H,20,21,22). The van der Waals surface area contributed by atoms with Gasteiger partial charge >= 0.3 is 0 Å². The third-order valence-electron chi connectivity index (χ3n) is 4.55. The Balaban J connectivity index is 1.47. The van der Waals surface area contributed by atoms with Crippen molar-refractivity contribution in [3.05, 3.63) is 35.7 Å². The minimum atomic E-state index is 0.102. The number of H-pyrrole nitrogens is 1. The fourth-order valence-corrected chi connectivity index (χ4v) is 3.11. The molecule has 0 unspecified atom stereocenters. The van der Waals surface area contributed by atoms with Crippen molar-refractivity contribution in [1.29, 1.82) is 0 Å². The zero-order chi connectivity index (χ0) is 16.1. The van der Waals surface area contributed by atoms with Gasteiger partial charge in [0.05, 0.1) is 6.54 Å². The van der Waals surface area contributed by atoms with Crippen LogP contribution in [0.4, 0.5) is 0 Å². The summed E-state index contributed by atoms with van der Waals surface area (Å²) in [7, 11) is 0. The summed E-state index contributed by atoms with van der Waals surface area (Å²) >= 11 is 0. The number of nitrogens with zero attached hydrogens (tertiary/aromatic N) is 2. The lowest BCUT2D eigenvalue weighted by Gasteiger charge is -2.08. The number of carbonyl (C=O) groups excluding carboxylic acids is 1. The van der Waals surface area contributed by atoms with Gasteiger partial charge in [0.25, 0.3) is 0 Å². The second-order valence-electron chi connectivity index (χ2n) is 6.44. The van der Waals surface area contributed by atoms with Gasteiger partial charge < -0.3 is 5.32 Å². The number of aromatic amines is 1. The molecule has 3 rings (SSSR count). The summed E-state index contributed by atoms with van der Waals surface area (Å²) < 4.78 is 0. The van der Waals surface area contributed by atoms with E-state index in [0.29, 0.717) is 24.6 Å². The number of hydrogen-bond donors (Lipinski definition) is 2. The molecule has 0 bridgehead atoms. The largest absolute Gasteiger partial charge is 0.349 e. The van der Waals surface area contributed by atoms with Crippen molar-refractivity contribution < 1.29 is 4.79 Å². The molecule has 1 fully saturated rings. The van der Waals surface area contributed by atoms with Gasteiger partial charge in [-0.2, -0.15) is 5.10 Å². The van der Waals surface area contributed by atoms with Gasteiger partial charge in [-0.1, -0.05) is 55.5 Å². The van der Waals surface area contributed by atoms with Crippen LogP contribution >= 0.6 is 0 Å². The molecule has 1 saturated carbocycles. The Morgan fingerprint density at radius 3 is 2.74 bits per heavy atom. The average Bonchev–Trinajstić information content (AvgIpc) is 3.23. The van der Waals surface area contributed by atoms with Crippen LogP contribution in [0.25, 0.3) is 11.4 Å². The van der Waals surface area contributed by atoms with Gasteiger partial charge in [-0.15, -0.1) is 0 Å². The summed E-state index contributed by atoms with van der Waals surface area (Å²) in [5.41, 5.74) is 2.18. The van der Waals surface area contributed by atoms with E-state index in [1.165, 1.54) is 31.2 Å². The van der Waals surface area contributed by atoms with Gasteiger partial charge in [0.2, 0.25) is 5.91 Å². The zero-order valence-electron chi connectivity index (χ0n) is 13.6. The van der Waals surface area contributed by atoms with E-state index in [9.17, 15) is 4.79 Å². The topological polar surface area (TPSA) is 70.7 Å². The Bertz CT molecular complexity index is 641. The number of rotatable bonds is 6. The molecule has 2 aromatic rings. The lowest BCUT2D eigenvalue weighted by atomic mass is 10.0. The van der Waals surface area contributed by atoms with Crippen molar-refractivity contribution in [3.8, 4) is 11.4 Å². The van der Waals surface area contributed by atoms with Gasteiger partial charge in [-0.3, -0.25) is 9.89 Å². The number of benzene rings is 1. The van der Waals surface area contributed by atoms with E-state index in [2.05, 4.69) is 20.5 Å². The summed E-state index contributed by atoms with van der Waals surface area (Å²) in [6.45, 7) is 2.46.